The second-order valence-corrected chi connectivity index (χ2v) is 7.01. The van der Waals surface area contributed by atoms with Crippen molar-refractivity contribution in [3.63, 3.8) is 0 Å². The second kappa shape index (κ2) is 9.29. The van der Waals surface area contributed by atoms with Gasteiger partial charge in [0.05, 0.1) is 17.9 Å². The van der Waals surface area contributed by atoms with Gasteiger partial charge >= 0.3 is 5.97 Å². The summed E-state index contributed by atoms with van der Waals surface area (Å²) in [6.45, 7) is 5.23. The standard InChI is InChI=1S/C22H25N7O2/c1-2-31-22(30)16-7-3-4-8-17(16)27-20-19(23)21(26-15-25-20)29-13-11-28(12-14-29)18-9-5-6-10-24-18/h3-10,15H,2,11-14,23H2,1H3,(H,25,26,27). The molecule has 1 saturated heterocycles. The van der Waals surface area contributed by atoms with Gasteiger partial charge in [0.1, 0.15) is 17.8 Å². The number of nitrogens with one attached hydrogen (secondary N) is 1. The molecule has 0 atom stereocenters. The Hall–Kier alpha value is -3.88. The summed E-state index contributed by atoms with van der Waals surface area (Å²) in [5, 5.41) is 3.17. The van der Waals surface area contributed by atoms with Crippen molar-refractivity contribution in [2.45, 2.75) is 6.92 Å². The van der Waals surface area contributed by atoms with E-state index in [-0.39, 0.29) is 0 Å². The first-order valence-corrected chi connectivity index (χ1v) is 10.2. The fourth-order valence-electron chi connectivity index (χ4n) is 3.53. The van der Waals surface area contributed by atoms with Crippen molar-refractivity contribution in [1.82, 2.24) is 15.0 Å². The van der Waals surface area contributed by atoms with Gasteiger partial charge in [-0.2, -0.15) is 0 Å². The van der Waals surface area contributed by atoms with Crippen molar-refractivity contribution < 1.29 is 9.53 Å². The molecule has 0 radical (unpaired) electrons. The lowest BCUT2D eigenvalue weighted by Gasteiger charge is -2.36. The van der Waals surface area contributed by atoms with Gasteiger partial charge in [-0.15, -0.1) is 0 Å². The Morgan fingerprint density at radius 2 is 1.77 bits per heavy atom. The average Bonchev–Trinajstić information content (AvgIpc) is 2.82. The van der Waals surface area contributed by atoms with E-state index in [1.807, 2.05) is 24.3 Å². The highest BCUT2D eigenvalue weighted by Crippen LogP contribution is 2.30. The number of nitrogen functional groups attached to an aromatic ring is 1. The van der Waals surface area contributed by atoms with E-state index in [4.69, 9.17) is 10.5 Å². The average molecular weight is 419 g/mol. The molecule has 1 aliphatic rings. The summed E-state index contributed by atoms with van der Waals surface area (Å²) in [4.78, 5) is 29.8. The zero-order chi connectivity index (χ0) is 21.6. The van der Waals surface area contributed by atoms with Crippen molar-refractivity contribution in [3.8, 4) is 0 Å². The molecule has 160 valence electrons. The van der Waals surface area contributed by atoms with Crippen LogP contribution in [0.2, 0.25) is 0 Å². The smallest absolute Gasteiger partial charge is 0.340 e. The molecule has 1 fully saturated rings. The lowest BCUT2D eigenvalue weighted by atomic mass is 10.1. The van der Waals surface area contributed by atoms with Crippen LogP contribution in [0.1, 0.15) is 17.3 Å². The number of esters is 1. The van der Waals surface area contributed by atoms with Gasteiger partial charge < -0.3 is 25.6 Å². The number of anilines is 5. The predicted molar refractivity (Wildman–Crippen MR) is 121 cm³/mol. The number of piperazine rings is 1. The van der Waals surface area contributed by atoms with Gasteiger partial charge in [-0.3, -0.25) is 0 Å². The van der Waals surface area contributed by atoms with Gasteiger partial charge in [0.2, 0.25) is 0 Å². The summed E-state index contributed by atoms with van der Waals surface area (Å²) >= 11 is 0. The summed E-state index contributed by atoms with van der Waals surface area (Å²) < 4.78 is 5.14. The molecule has 31 heavy (non-hydrogen) atoms. The molecule has 1 aromatic carbocycles. The van der Waals surface area contributed by atoms with Crippen molar-refractivity contribution >= 4 is 34.8 Å². The molecule has 2 aromatic heterocycles. The molecule has 0 aliphatic carbocycles. The number of carbonyl (C=O) groups is 1. The fraction of sp³-hybridized carbons (Fsp3) is 0.273. The Kier molecular flexibility index (Phi) is 6.11. The number of nitrogens with two attached hydrogens (primary N) is 1. The number of rotatable bonds is 6. The van der Waals surface area contributed by atoms with E-state index in [0.29, 0.717) is 35.2 Å². The minimum Gasteiger partial charge on any atom is -0.462 e. The SMILES string of the molecule is CCOC(=O)c1ccccc1Nc1ncnc(N2CCN(c3ccccn3)CC2)c1N. The number of hydrogen-bond acceptors (Lipinski definition) is 9. The molecule has 0 amide bonds. The largest absolute Gasteiger partial charge is 0.462 e. The number of nitrogens with zero attached hydrogens (tertiary/aromatic N) is 5. The minimum atomic E-state index is -0.399. The Labute approximate surface area is 180 Å². The molecule has 0 bridgehead atoms. The highest BCUT2D eigenvalue weighted by Gasteiger charge is 2.22. The van der Waals surface area contributed by atoms with Crippen LogP contribution >= 0.6 is 0 Å². The lowest BCUT2D eigenvalue weighted by molar-refractivity contribution is 0.0527. The third-order valence-electron chi connectivity index (χ3n) is 5.09. The molecular weight excluding hydrogens is 394 g/mol. The monoisotopic (exact) mass is 419 g/mol. The van der Waals surface area contributed by atoms with Gasteiger partial charge in [0.25, 0.3) is 0 Å². The number of benzene rings is 1. The Bertz CT molecular complexity index is 1040. The molecule has 3 N–H and O–H groups in total. The summed E-state index contributed by atoms with van der Waals surface area (Å²) in [7, 11) is 0. The number of aromatic nitrogens is 3. The topological polar surface area (TPSA) is 109 Å². The van der Waals surface area contributed by atoms with Crippen LogP contribution in [0.5, 0.6) is 0 Å². The van der Waals surface area contributed by atoms with Gasteiger partial charge in [0.15, 0.2) is 11.6 Å². The van der Waals surface area contributed by atoms with Crippen LogP contribution in [0.25, 0.3) is 0 Å². The first kappa shape index (κ1) is 20.4. The van der Waals surface area contributed by atoms with Crippen molar-refractivity contribution in [3.05, 3.63) is 60.6 Å². The van der Waals surface area contributed by atoms with E-state index in [0.717, 1.165) is 32.0 Å². The highest BCUT2D eigenvalue weighted by molar-refractivity contribution is 5.97. The van der Waals surface area contributed by atoms with Crippen LogP contribution < -0.4 is 20.9 Å². The molecular formula is C22H25N7O2. The van der Waals surface area contributed by atoms with Crippen molar-refractivity contribution in [2.24, 2.45) is 0 Å². The third kappa shape index (κ3) is 4.50. The van der Waals surface area contributed by atoms with Gasteiger partial charge in [0, 0.05) is 32.4 Å². The number of carbonyl (C=O) groups excluding carboxylic acids is 1. The molecule has 0 saturated carbocycles. The summed E-state index contributed by atoms with van der Waals surface area (Å²) in [6, 6.07) is 13.0. The third-order valence-corrected chi connectivity index (χ3v) is 5.09. The molecule has 0 unspecified atom stereocenters. The van der Waals surface area contributed by atoms with Crippen LogP contribution in [0.3, 0.4) is 0 Å². The Morgan fingerprint density at radius 3 is 2.52 bits per heavy atom. The zero-order valence-electron chi connectivity index (χ0n) is 17.4. The number of pyridine rings is 1. The van der Waals surface area contributed by atoms with Gasteiger partial charge in [-0.1, -0.05) is 18.2 Å². The predicted octanol–water partition coefficient (Wildman–Crippen LogP) is 2.70. The van der Waals surface area contributed by atoms with E-state index < -0.39 is 5.97 Å². The molecule has 9 nitrogen and oxygen atoms in total. The van der Waals surface area contributed by atoms with Crippen LogP contribution in [-0.4, -0.2) is 53.7 Å². The van der Waals surface area contributed by atoms with E-state index in [1.165, 1.54) is 6.33 Å². The summed E-state index contributed by atoms with van der Waals surface area (Å²) in [5.74, 6) is 1.69. The van der Waals surface area contributed by atoms with Crippen LogP contribution in [-0.2, 0) is 4.74 Å². The molecule has 3 heterocycles. The van der Waals surface area contributed by atoms with Crippen LogP contribution in [0.4, 0.5) is 28.8 Å². The molecule has 3 aromatic rings. The minimum absolute atomic E-state index is 0.303. The molecule has 4 rings (SSSR count). The van der Waals surface area contributed by atoms with Gasteiger partial charge in [-0.05, 0) is 31.2 Å². The first-order valence-electron chi connectivity index (χ1n) is 10.2. The quantitative estimate of drug-likeness (QED) is 0.583. The van der Waals surface area contributed by atoms with E-state index in [9.17, 15) is 4.79 Å². The number of hydrogen-bond donors (Lipinski definition) is 2. The number of ether oxygens (including phenoxy) is 1. The highest BCUT2D eigenvalue weighted by atomic mass is 16.5. The van der Waals surface area contributed by atoms with E-state index in [1.54, 1.807) is 31.3 Å². The van der Waals surface area contributed by atoms with Crippen molar-refractivity contribution in [2.75, 3.05) is 53.6 Å². The van der Waals surface area contributed by atoms with Crippen LogP contribution in [0.15, 0.2) is 55.0 Å². The maximum absolute atomic E-state index is 12.3. The normalized spacial score (nSPS) is 13.7. The maximum atomic E-state index is 12.3. The summed E-state index contributed by atoms with van der Waals surface area (Å²) in [6.07, 6.45) is 3.28. The van der Waals surface area contributed by atoms with E-state index >= 15 is 0 Å². The van der Waals surface area contributed by atoms with E-state index in [2.05, 4.69) is 30.1 Å². The fourth-order valence-corrected chi connectivity index (χ4v) is 3.53. The molecule has 1 aliphatic heterocycles. The Balaban J connectivity index is 1.51. The summed E-state index contributed by atoms with van der Waals surface area (Å²) in [5.41, 5.74) is 7.86. The molecule has 0 spiro atoms. The van der Waals surface area contributed by atoms with Crippen LogP contribution in [0, 0.1) is 0 Å². The zero-order valence-corrected chi connectivity index (χ0v) is 17.4. The first-order chi connectivity index (χ1) is 15.2. The molecule has 9 heteroatoms. The lowest BCUT2D eigenvalue weighted by Crippen LogP contribution is -2.47. The second-order valence-electron chi connectivity index (χ2n) is 7.01. The number of para-hydroxylation sites is 1. The Morgan fingerprint density at radius 1 is 1.03 bits per heavy atom. The van der Waals surface area contributed by atoms with Crippen molar-refractivity contribution in [1.29, 1.82) is 0 Å². The van der Waals surface area contributed by atoms with Gasteiger partial charge in [-0.25, -0.2) is 19.7 Å². The maximum Gasteiger partial charge on any atom is 0.340 e.